The summed E-state index contributed by atoms with van der Waals surface area (Å²) in [7, 11) is 0. The van der Waals surface area contributed by atoms with Gasteiger partial charge in [0.1, 0.15) is 0 Å². The number of hydrogen-bond donors (Lipinski definition) is 1. The standard InChI is InChI=1S/C16H21N/c1-4-8-14(11-13(2)3)12-16(17)15-9-6-5-7-10-15/h4-10,12-13H,1,11,17H2,2-3H3/b14-8-,16-12-. The molecule has 1 aromatic carbocycles. The molecule has 0 aliphatic carbocycles. The Morgan fingerprint density at radius 2 is 1.94 bits per heavy atom. The topological polar surface area (TPSA) is 26.0 Å². The molecule has 0 saturated carbocycles. The molecule has 1 nitrogen and oxygen atoms in total. The lowest BCUT2D eigenvalue weighted by Gasteiger charge is -2.07. The summed E-state index contributed by atoms with van der Waals surface area (Å²) in [5.74, 6) is 0.612. The number of allylic oxidation sites excluding steroid dienone is 4. The van der Waals surface area contributed by atoms with Gasteiger partial charge in [0.25, 0.3) is 0 Å². The van der Waals surface area contributed by atoms with Crippen LogP contribution in [0.5, 0.6) is 0 Å². The minimum atomic E-state index is 0.612. The van der Waals surface area contributed by atoms with Crippen LogP contribution >= 0.6 is 0 Å². The molecule has 0 heterocycles. The molecule has 0 aliphatic rings. The molecule has 0 aliphatic heterocycles. The summed E-state index contributed by atoms with van der Waals surface area (Å²) in [4.78, 5) is 0. The molecule has 1 aromatic rings. The summed E-state index contributed by atoms with van der Waals surface area (Å²) < 4.78 is 0. The van der Waals surface area contributed by atoms with Crippen LogP contribution in [0, 0.1) is 5.92 Å². The van der Waals surface area contributed by atoms with Crippen molar-refractivity contribution in [1.82, 2.24) is 0 Å². The zero-order valence-electron chi connectivity index (χ0n) is 10.7. The molecular formula is C16H21N. The Balaban J connectivity index is 2.91. The summed E-state index contributed by atoms with van der Waals surface area (Å²) in [6, 6.07) is 10.0. The molecule has 1 rings (SSSR count). The van der Waals surface area contributed by atoms with E-state index in [0.717, 1.165) is 17.7 Å². The van der Waals surface area contributed by atoms with E-state index >= 15 is 0 Å². The highest BCUT2D eigenvalue weighted by atomic mass is 14.6. The van der Waals surface area contributed by atoms with Crippen molar-refractivity contribution >= 4 is 5.70 Å². The Bertz CT molecular complexity index is 410. The number of benzene rings is 1. The number of rotatable bonds is 5. The molecule has 1 heteroatoms. The first-order chi connectivity index (χ1) is 8.13. The van der Waals surface area contributed by atoms with Crippen molar-refractivity contribution in [3.63, 3.8) is 0 Å². The van der Waals surface area contributed by atoms with Crippen molar-refractivity contribution in [3.05, 3.63) is 66.3 Å². The number of nitrogens with two attached hydrogens (primary N) is 1. The van der Waals surface area contributed by atoms with Crippen LogP contribution < -0.4 is 5.73 Å². The van der Waals surface area contributed by atoms with Crippen LogP contribution in [0.1, 0.15) is 25.8 Å². The Morgan fingerprint density at radius 3 is 2.47 bits per heavy atom. The van der Waals surface area contributed by atoms with E-state index in [0.29, 0.717) is 5.92 Å². The van der Waals surface area contributed by atoms with Crippen LogP contribution in [0.4, 0.5) is 0 Å². The average molecular weight is 227 g/mol. The molecule has 0 amide bonds. The van der Waals surface area contributed by atoms with Crippen molar-refractivity contribution in [2.75, 3.05) is 0 Å². The summed E-state index contributed by atoms with van der Waals surface area (Å²) in [5.41, 5.74) is 9.17. The van der Waals surface area contributed by atoms with Crippen molar-refractivity contribution < 1.29 is 0 Å². The molecule has 0 aromatic heterocycles. The minimum Gasteiger partial charge on any atom is -0.398 e. The average Bonchev–Trinajstić information content (AvgIpc) is 2.29. The fourth-order valence-corrected chi connectivity index (χ4v) is 1.71. The molecule has 0 saturated heterocycles. The SMILES string of the molecule is C=C/C=C(\C=C(/N)c1ccccc1)CC(C)C. The van der Waals surface area contributed by atoms with Gasteiger partial charge in [-0.25, -0.2) is 0 Å². The van der Waals surface area contributed by atoms with E-state index in [9.17, 15) is 0 Å². The van der Waals surface area contributed by atoms with Crippen LogP contribution in [-0.4, -0.2) is 0 Å². The molecule has 0 fully saturated rings. The van der Waals surface area contributed by atoms with E-state index in [1.165, 1.54) is 5.57 Å². The van der Waals surface area contributed by atoms with Gasteiger partial charge in [-0.15, -0.1) is 0 Å². The zero-order chi connectivity index (χ0) is 12.7. The summed E-state index contributed by atoms with van der Waals surface area (Å²) in [5, 5.41) is 0. The second kappa shape index (κ2) is 6.74. The smallest absolute Gasteiger partial charge is 0.0390 e. The molecule has 0 bridgehead atoms. The highest BCUT2D eigenvalue weighted by Crippen LogP contribution is 2.17. The first-order valence-electron chi connectivity index (χ1n) is 5.97. The fourth-order valence-electron chi connectivity index (χ4n) is 1.71. The van der Waals surface area contributed by atoms with Crippen LogP contribution in [0.2, 0.25) is 0 Å². The Labute approximate surface area is 104 Å². The minimum absolute atomic E-state index is 0.612. The van der Waals surface area contributed by atoms with Gasteiger partial charge in [0.15, 0.2) is 0 Å². The molecule has 90 valence electrons. The van der Waals surface area contributed by atoms with E-state index in [1.807, 2.05) is 48.6 Å². The van der Waals surface area contributed by atoms with Gasteiger partial charge < -0.3 is 5.73 Å². The molecule has 17 heavy (non-hydrogen) atoms. The fraction of sp³-hybridized carbons (Fsp3) is 0.250. The highest BCUT2D eigenvalue weighted by molar-refractivity contribution is 5.65. The first-order valence-corrected chi connectivity index (χ1v) is 5.97. The van der Waals surface area contributed by atoms with Gasteiger partial charge in [-0.2, -0.15) is 0 Å². The number of hydrogen-bond acceptors (Lipinski definition) is 1. The third kappa shape index (κ3) is 4.73. The van der Waals surface area contributed by atoms with Crippen LogP contribution in [-0.2, 0) is 0 Å². The predicted octanol–water partition coefficient (Wildman–Crippen LogP) is 4.14. The van der Waals surface area contributed by atoms with Gasteiger partial charge in [0.2, 0.25) is 0 Å². The molecule has 0 radical (unpaired) electrons. The van der Waals surface area contributed by atoms with E-state index < -0.39 is 0 Å². The Morgan fingerprint density at radius 1 is 1.29 bits per heavy atom. The normalized spacial score (nSPS) is 12.9. The molecule has 0 spiro atoms. The quantitative estimate of drug-likeness (QED) is 0.751. The second-order valence-corrected chi connectivity index (χ2v) is 4.54. The van der Waals surface area contributed by atoms with Crippen molar-refractivity contribution in [1.29, 1.82) is 0 Å². The summed E-state index contributed by atoms with van der Waals surface area (Å²) >= 11 is 0. The lowest BCUT2D eigenvalue weighted by Crippen LogP contribution is -1.98. The third-order valence-electron chi connectivity index (χ3n) is 2.42. The Kier molecular flexibility index (Phi) is 5.28. The molecule has 0 unspecified atom stereocenters. The van der Waals surface area contributed by atoms with Crippen LogP contribution in [0.25, 0.3) is 5.70 Å². The largest absolute Gasteiger partial charge is 0.398 e. The van der Waals surface area contributed by atoms with Crippen molar-refractivity contribution in [2.24, 2.45) is 11.7 Å². The summed E-state index contributed by atoms with van der Waals surface area (Å²) in [6.07, 6.45) is 6.89. The van der Waals surface area contributed by atoms with E-state index in [4.69, 9.17) is 5.73 Å². The van der Waals surface area contributed by atoms with Crippen molar-refractivity contribution in [3.8, 4) is 0 Å². The van der Waals surface area contributed by atoms with Gasteiger partial charge in [0, 0.05) is 5.70 Å². The van der Waals surface area contributed by atoms with Crippen LogP contribution in [0.3, 0.4) is 0 Å². The first kappa shape index (κ1) is 13.3. The van der Waals surface area contributed by atoms with Gasteiger partial charge in [-0.3, -0.25) is 0 Å². The van der Waals surface area contributed by atoms with E-state index in [1.54, 1.807) is 0 Å². The monoisotopic (exact) mass is 227 g/mol. The molecular weight excluding hydrogens is 206 g/mol. The molecule has 2 N–H and O–H groups in total. The van der Waals surface area contributed by atoms with Gasteiger partial charge in [0.05, 0.1) is 0 Å². The maximum Gasteiger partial charge on any atom is 0.0390 e. The Hall–Kier alpha value is -1.76. The highest BCUT2D eigenvalue weighted by Gasteiger charge is 2.00. The second-order valence-electron chi connectivity index (χ2n) is 4.54. The zero-order valence-corrected chi connectivity index (χ0v) is 10.7. The van der Waals surface area contributed by atoms with Gasteiger partial charge in [-0.1, -0.05) is 62.9 Å². The van der Waals surface area contributed by atoms with Crippen LogP contribution in [0.15, 0.2) is 60.7 Å². The predicted molar refractivity (Wildman–Crippen MR) is 76.3 cm³/mol. The lowest BCUT2D eigenvalue weighted by molar-refractivity contribution is 0.650. The summed E-state index contributed by atoms with van der Waals surface area (Å²) in [6.45, 7) is 8.14. The van der Waals surface area contributed by atoms with E-state index in [2.05, 4.69) is 20.4 Å². The van der Waals surface area contributed by atoms with Crippen molar-refractivity contribution in [2.45, 2.75) is 20.3 Å². The molecule has 0 atom stereocenters. The lowest BCUT2D eigenvalue weighted by atomic mass is 10.0. The van der Waals surface area contributed by atoms with Gasteiger partial charge >= 0.3 is 0 Å². The third-order valence-corrected chi connectivity index (χ3v) is 2.42. The van der Waals surface area contributed by atoms with E-state index in [-0.39, 0.29) is 0 Å². The maximum atomic E-state index is 6.09. The van der Waals surface area contributed by atoms with Gasteiger partial charge in [-0.05, 0) is 29.6 Å². The maximum absolute atomic E-state index is 6.09.